The molecule has 1 aromatic carbocycles. The molecule has 1 aromatic rings. The molecule has 1 fully saturated rings. The molecule has 0 aromatic heterocycles. The Kier molecular flexibility index (Phi) is 2.98. The zero-order valence-corrected chi connectivity index (χ0v) is 10.6. The van der Waals surface area contributed by atoms with Crippen LogP contribution >= 0.6 is 0 Å². The minimum Gasteiger partial charge on any atom is -0.508 e. The van der Waals surface area contributed by atoms with Gasteiger partial charge in [-0.3, -0.25) is 4.79 Å². The molecule has 3 rings (SSSR count). The van der Waals surface area contributed by atoms with E-state index in [1.54, 1.807) is 18.2 Å². The highest BCUT2D eigenvalue weighted by molar-refractivity contribution is 5.97. The molecule has 3 heteroatoms. The van der Waals surface area contributed by atoms with E-state index in [-0.39, 0.29) is 11.7 Å². The number of benzene rings is 1. The van der Waals surface area contributed by atoms with E-state index in [4.69, 9.17) is 0 Å². The molecule has 0 saturated heterocycles. The van der Waals surface area contributed by atoms with Gasteiger partial charge in [-0.05, 0) is 43.0 Å². The van der Waals surface area contributed by atoms with Crippen molar-refractivity contribution in [2.75, 3.05) is 6.54 Å². The maximum absolute atomic E-state index is 12.5. The van der Waals surface area contributed by atoms with Crippen molar-refractivity contribution in [2.24, 2.45) is 0 Å². The lowest BCUT2D eigenvalue weighted by Gasteiger charge is -2.37. The summed E-state index contributed by atoms with van der Waals surface area (Å²) in [6, 6.07) is 5.54. The van der Waals surface area contributed by atoms with Crippen molar-refractivity contribution in [3.05, 3.63) is 29.3 Å². The molecular weight excluding hydrogens is 226 g/mol. The number of hydrogen-bond donors (Lipinski definition) is 1. The van der Waals surface area contributed by atoms with Gasteiger partial charge in [-0.1, -0.05) is 19.3 Å². The smallest absolute Gasteiger partial charge is 0.254 e. The summed E-state index contributed by atoms with van der Waals surface area (Å²) in [7, 11) is 0. The molecule has 3 nitrogen and oxygen atoms in total. The standard InChI is InChI=1S/C15H19NO2/c17-13-6-7-14-11(10-13)8-9-16(15(14)18)12-4-2-1-3-5-12/h6-7,10,12,17H,1-5,8-9H2. The Hall–Kier alpha value is -1.51. The minimum absolute atomic E-state index is 0.156. The predicted octanol–water partition coefficient (Wildman–Crippen LogP) is 2.72. The van der Waals surface area contributed by atoms with Crippen LogP contribution in [0.2, 0.25) is 0 Å². The SMILES string of the molecule is O=C1c2ccc(O)cc2CCN1C1CCCCC1. The molecule has 0 radical (unpaired) electrons. The van der Waals surface area contributed by atoms with Gasteiger partial charge < -0.3 is 10.0 Å². The molecule has 0 unspecified atom stereocenters. The molecule has 1 aliphatic heterocycles. The van der Waals surface area contributed by atoms with Crippen molar-refractivity contribution in [3.8, 4) is 5.75 Å². The van der Waals surface area contributed by atoms with Gasteiger partial charge in [0.1, 0.15) is 5.75 Å². The number of carbonyl (C=O) groups is 1. The summed E-state index contributed by atoms with van der Waals surface area (Å²) in [4.78, 5) is 14.5. The average Bonchev–Trinajstić information content (AvgIpc) is 2.40. The summed E-state index contributed by atoms with van der Waals surface area (Å²) >= 11 is 0. The number of nitrogens with zero attached hydrogens (tertiary/aromatic N) is 1. The Morgan fingerprint density at radius 1 is 1.17 bits per heavy atom. The first-order chi connectivity index (χ1) is 8.75. The van der Waals surface area contributed by atoms with E-state index in [1.165, 1.54) is 19.3 Å². The van der Waals surface area contributed by atoms with Crippen LogP contribution < -0.4 is 0 Å². The Morgan fingerprint density at radius 2 is 1.94 bits per heavy atom. The van der Waals surface area contributed by atoms with Crippen molar-refractivity contribution in [1.29, 1.82) is 0 Å². The number of amides is 1. The Balaban J connectivity index is 1.84. The van der Waals surface area contributed by atoms with Crippen molar-refractivity contribution >= 4 is 5.91 Å². The topological polar surface area (TPSA) is 40.5 Å². The van der Waals surface area contributed by atoms with Gasteiger partial charge in [0, 0.05) is 18.2 Å². The molecule has 1 amide bonds. The first kappa shape index (κ1) is 11.6. The summed E-state index contributed by atoms with van der Waals surface area (Å²) in [6.07, 6.45) is 6.97. The highest BCUT2D eigenvalue weighted by atomic mass is 16.3. The second-order valence-corrected chi connectivity index (χ2v) is 5.38. The number of carbonyl (C=O) groups excluding carboxylic acids is 1. The van der Waals surface area contributed by atoms with E-state index in [1.807, 2.05) is 0 Å². The average molecular weight is 245 g/mol. The van der Waals surface area contributed by atoms with Crippen LogP contribution in [0.3, 0.4) is 0 Å². The van der Waals surface area contributed by atoms with E-state index in [9.17, 15) is 9.90 Å². The third-order valence-corrected chi connectivity index (χ3v) is 4.22. The summed E-state index contributed by atoms with van der Waals surface area (Å²) < 4.78 is 0. The lowest BCUT2D eigenvalue weighted by atomic mass is 9.90. The Labute approximate surface area is 107 Å². The summed E-state index contributed by atoms with van der Waals surface area (Å²) in [6.45, 7) is 0.806. The fourth-order valence-electron chi connectivity index (χ4n) is 3.23. The molecular formula is C15H19NO2. The number of phenolic OH excluding ortho intramolecular Hbond substituents is 1. The van der Waals surface area contributed by atoms with E-state index >= 15 is 0 Å². The third kappa shape index (κ3) is 1.98. The number of fused-ring (bicyclic) bond motifs is 1. The third-order valence-electron chi connectivity index (χ3n) is 4.22. The molecule has 96 valence electrons. The minimum atomic E-state index is 0.156. The van der Waals surface area contributed by atoms with Crippen LogP contribution in [0, 0.1) is 0 Å². The summed E-state index contributed by atoms with van der Waals surface area (Å²) in [5.74, 6) is 0.413. The van der Waals surface area contributed by atoms with Gasteiger partial charge in [0.15, 0.2) is 0 Å². The van der Waals surface area contributed by atoms with Crippen LogP contribution in [0.5, 0.6) is 5.75 Å². The molecule has 1 N–H and O–H groups in total. The Morgan fingerprint density at radius 3 is 2.72 bits per heavy atom. The number of aromatic hydroxyl groups is 1. The Bertz CT molecular complexity index is 464. The molecule has 1 saturated carbocycles. The van der Waals surface area contributed by atoms with Gasteiger partial charge >= 0.3 is 0 Å². The molecule has 0 atom stereocenters. The van der Waals surface area contributed by atoms with Crippen molar-refractivity contribution in [2.45, 2.75) is 44.6 Å². The first-order valence-electron chi connectivity index (χ1n) is 6.88. The zero-order chi connectivity index (χ0) is 12.5. The van der Waals surface area contributed by atoms with E-state index in [0.717, 1.165) is 36.9 Å². The van der Waals surface area contributed by atoms with Crippen LogP contribution in [-0.4, -0.2) is 28.5 Å². The normalized spacial score (nSPS) is 20.9. The fourth-order valence-corrected chi connectivity index (χ4v) is 3.23. The highest BCUT2D eigenvalue weighted by Crippen LogP contribution is 2.29. The lowest BCUT2D eigenvalue weighted by molar-refractivity contribution is 0.0615. The fraction of sp³-hybridized carbons (Fsp3) is 0.533. The van der Waals surface area contributed by atoms with Crippen molar-refractivity contribution < 1.29 is 9.90 Å². The zero-order valence-electron chi connectivity index (χ0n) is 10.6. The van der Waals surface area contributed by atoms with Crippen LogP contribution in [-0.2, 0) is 6.42 Å². The van der Waals surface area contributed by atoms with Gasteiger partial charge in [-0.25, -0.2) is 0 Å². The number of rotatable bonds is 1. The molecule has 2 aliphatic rings. The molecule has 1 heterocycles. The molecule has 0 spiro atoms. The largest absolute Gasteiger partial charge is 0.508 e. The monoisotopic (exact) mass is 245 g/mol. The van der Waals surface area contributed by atoms with E-state index < -0.39 is 0 Å². The van der Waals surface area contributed by atoms with Crippen LogP contribution in [0.25, 0.3) is 0 Å². The quantitative estimate of drug-likeness (QED) is 0.826. The van der Waals surface area contributed by atoms with Gasteiger partial charge in [0.25, 0.3) is 5.91 Å². The molecule has 0 bridgehead atoms. The predicted molar refractivity (Wildman–Crippen MR) is 69.7 cm³/mol. The van der Waals surface area contributed by atoms with Crippen LogP contribution in [0.1, 0.15) is 48.0 Å². The number of phenols is 1. The highest BCUT2D eigenvalue weighted by Gasteiger charge is 2.30. The van der Waals surface area contributed by atoms with Gasteiger partial charge in [0.05, 0.1) is 0 Å². The molecule has 18 heavy (non-hydrogen) atoms. The van der Waals surface area contributed by atoms with Gasteiger partial charge in [-0.2, -0.15) is 0 Å². The van der Waals surface area contributed by atoms with Gasteiger partial charge in [0.2, 0.25) is 0 Å². The van der Waals surface area contributed by atoms with E-state index in [2.05, 4.69) is 4.90 Å². The summed E-state index contributed by atoms with van der Waals surface area (Å²) in [5.41, 5.74) is 1.77. The maximum Gasteiger partial charge on any atom is 0.254 e. The first-order valence-corrected chi connectivity index (χ1v) is 6.88. The second-order valence-electron chi connectivity index (χ2n) is 5.38. The van der Waals surface area contributed by atoms with Crippen LogP contribution in [0.15, 0.2) is 18.2 Å². The molecule has 1 aliphatic carbocycles. The van der Waals surface area contributed by atoms with E-state index in [0.29, 0.717) is 6.04 Å². The lowest BCUT2D eigenvalue weighted by Crippen LogP contribution is -2.45. The van der Waals surface area contributed by atoms with Crippen molar-refractivity contribution in [3.63, 3.8) is 0 Å². The van der Waals surface area contributed by atoms with Gasteiger partial charge in [-0.15, -0.1) is 0 Å². The van der Waals surface area contributed by atoms with Crippen LogP contribution in [0.4, 0.5) is 0 Å². The second kappa shape index (κ2) is 4.63. The number of hydrogen-bond acceptors (Lipinski definition) is 2. The maximum atomic E-state index is 12.5. The summed E-state index contributed by atoms with van der Waals surface area (Å²) in [5, 5.41) is 9.46. The van der Waals surface area contributed by atoms with Crippen molar-refractivity contribution in [1.82, 2.24) is 4.90 Å².